The van der Waals surface area contributed by atoms with Gasteiger partial charge in [0.15, 0.2) is 0 Å². The number of hydrogen-bond donors (Lipinski definition) is 1. The minimum absolute atomic E-state index is 0.350. The lowest BCUT2D eigenvalue weighted by molar-refractivity contribution is 0.620. The molecule has 1 aliphatic carbocycles. The fraction of sp³-hybridized carbons (Fsp3) is 0.250. The number of benzene rings is 2. The quantitative estimate of drug-likeness (QED) is 0.787. The van der Waals surface area contributed by atoms with Gasteiger partial charge in [-0.1, -0.05) is 49.4 Å². The van der Waals surface area contributed by atoms with Crippen LogP contribution < -0.4 is 5.73 Å². The van der Waals surface area contributed by atoms with E-state index in [1.807, 2.05) is 0 Å². The van der Waals surface area contributed by atoms with E-state index in [0.717, 1.165) is 6.42 Å². The molecule has 0 aliphatic heterocycles. The van der Waals surface area contributed by atoms with E-state index < -0.39 is 0 Å². The second-order valence-electron chi connectivity index (χ2n) is 4.98. The van der Waals surface area contributed by atoms with Gasteiger partial charge in [-0.25, -0.2) is 0 Å². The molecule has 86 valence electrons. The van der Waals surface area contributed by atoms with Crippen LogP contribution in [-0.4, -0.2) is 0 Å². The van der Waals surface area contributed by atoms with Gasteiger partial charge >= 0.3 is 0 Å². The van der Waals surface area contributed by atoms with Crippen molar-refractivity contribution in [2.24, 2.45) is 5.73 Å². The van der Waals surface area contributed by atoms with Gasteiger partial charge in [-0.3, -0.25) is 0 Å². The summed E-state index contributed by atoms with van der Waals surface area (Å²) in [7, 11) is 0. The summed E-state index contributed by atoms with van der Waals surface area (Å²) in [6, 6.07) is 15.1. The molecule has 2 aromatic carbocycles. The standard InChI is InChI=1S/C16H17N/c1-3-11-8-9-13-12-6-4-5-7-14(12)16(2,17)15(13)10-11/h4-10H,3,17H2,1-2H3. The molecule has 1 unspecified atom stereocenters. The second kappa shape index (κ2) is 3.44. The predicted octanol–water partition coefficient (Wildman–Crippen LogP) is 3.45. The zero-order valence-electron chi connectivity index (χ0n) is 10.3. The molecule has 0 heterocycles. The molecule has 2 N–H and O–H groups in total. The van der Waals surface area contributed by atoms with Crippen molar-refractivity contribution < 1.29 is 0 Å². The molecule has 0 aromatic heterocycles. The van der Waals surface area contributed by atoms with E-state index in [4.69, 9.17) is 5.73 Å². The van der Waals surface area contributed by atoms with Crippen LogP contribution in [0.15, 0.2) is 42.5 Å². The van der Waals surface area contributed by atoms with Crippen LogP contribution in [0.25, 0.3) is 11.1 Å². The first kappa shape index (κ1) is 10.5. The van der Waals surface area contributed by atoms with Crippen LogP contribution in [0.5, 0.6) is 0 Å². The summed E-state index contributed by atoms with van der Waals surface area (Å²) in [6.45, 7) is 4.29. The van der Waals surface area contributed by atoms with Crippen molar-refractivity contribution in [3.05, 3.63) is 59.2 Å². The normalized spacial score (nSPS) is 21.1. The van der Waals surface area contributed by atoms with E-state index in [9.17, 15) is 0 Å². The first-order valence-corrected chi connectivity index (χ1v) is 6.16. The van der Waals surface area contributed by atoms with Crippen LogP contribution in [-0.2, 0) is 12.0 Å². The molecule has 0 saturated heterocycles. The van der Waals surface area contributed by atoms with E-state index in [1.54, 1.807) is 0 Å². The average molecular weight is 223 g/mol. The summed E-state index contributed by atoms with van der Waals surface area (Å²) in [5.74, 6) is 0. The van der Waals surface area contributed by atoms with Gasteiger partial charge in [0.05, 0.1) is 5.54 Å². The maximum absolute atomic E-state index is 6.52. The van der Waals surface area contributed by atoms with Crippen LogP contribution in [0.1, 0.15) is 30.5 Å². The van der Waals surface area contributed by atoms with Gasteiger partial charge in [0.2, 0.25) is 0 Å². The molecule has 1 atom stereocenters. The molecule has 0 bridgehead atoms. The number of fused-ring (bicyclic) bond motifs is 3. The van der Waals surface area contributed by atoms with Crippen molar-refractivity contribution in [1.29, 1.82) is 0 Å². The lowest BCUT2D eigenvalue weighted by Crippen LogP contribution is -2.31. The third-order valence-electron chi connectivity index (χ3n) is 3.83. The highest BCUT2D eigenvalue weighted by atomic mass is 14.7. The Bertz CT molecular complexity index is 582. The minimum Gasteiger partial charge on any atom is -0.318 e. The fourth-order valence-electron chi connectivity index (χ4n) is 2.79. The van der Waals surface area contributed by atoms with Crippen molar-refractivity contribution >= 4 is 0 Å². The number of nitrogens with two attached hydrogens (primary N) is 1. The first-order chi connectivity index (χ1) is 8.14. The summed E-state index contributed by atoms with van der Waals surface area (Å²) in [4.78, 5) is 0. The Balaban J connectivity index is 2.32. The highest BCUT2D eigenvalue weighted by Crippen LogP contribution is 2.45. The van der Waals surface area contributed by atoms with E-state index >= 15 is 0 Å². The molecule has 1 aliphatic rings. The number of aryl methyl sites for hydroxylation is 1. The summed E-state index contributed by atoms with van der Waals surface area (Å²) in [5, 5.41) is 0. The smallest absolute Gasteiger partial charge is 0.0649 e. The number of rotatable bonds is 1. The Morgan fingerprint density at radius 2 is 1.71 bits per heavy atom. The highest BCUT2D eigenvalue weighted by molar-refractivity contribution is 5.80. The molecule has 1 heteroatoms. The lowest BCUT2D eigenvalue weighted by Gasteiger charge is -2.21. The van der Waals surface area contributed by atoms with Crippen LogP contribution in [0.3, 0.4) is 0 Å². The van der Waals surface area contributed by atoms with Gasteiger partial charge in [0.1, 0.15) is 0 Å². The molecule has 0 spiro atoms. The maximum atomic E-state index is 6.52. The molecular weight excluding hydrogens is 206 g/mol. The van der Waals surface area contributed by atoms with Gasteiger partial charge in [-0.2, -0.15) is 0 Å². The molecule has 0 radical (unpaired) electrons. The minimum atomic E-state index is -0.350. The summed E-state index contributed by atoms with van der Waals surface area (Å²) < 4.78 is 0. The average Bonchev–Trinajstić information content (AvgIpc) is 2.59. The van der Waals surface area contributed by atoms with Crippen LogP contribution >= 0.6 is 0 Å². The zero-order chi connectivity index (χ0) is 12.0. The van der Waals surface area contributed by atoms with Gasteiger partial charge in [0.25, 0.3) is 0 Å². The number of hydrogen-bond acceptors (Lipinski definition) is 1. The molecule has 0 saturated carbocycles. The van der Waals surface area contributed by atoms with Gasteiger partial charge in [-0.05, 0) is 41.2 Å². The van der Waals surface area contributed by atoms with Crippen molar-refractivity contribution in [2.45, 2.75) is 25.8 Å². The highest BCUT2D eigenvalue weighted by Gasteiger charge is 2.35. The third-order valence-corrected chi connectivity index (χ3v) is 3.83. The van der Waals surface area contributed by atoms with E-state index in [0.29, 0.717) is 0 Å². The van der Waals surface area contributed by atoms with E-state index in [2.05, 4.69) is 56.3 Å². The topological polar surface area (TPSA) is 26.0 Å². The molecule has 0 amide bonds. The fourth-order valence-corrected chi connectivity index (χ4v) is 2.79. The SMILES string of the molecule is CCc1ccc2c(c1)C(C)(N)c1ccccc1-2. The molecule has 0 fully saturated rings. The molecule has 2 aromatic rings. The van der Waals surface area contributed by atoms with Crippen molar-refractivity contribution in [2.75, 3.05) is 0 Å². The van der Waals surface area contributed by atoms with Crippen LogP contribution in [0, 0.1) is 0 Å². The van der Waals surface area contributed by atoms with Crippen molar-refractivity contribution in [3.8, 4) is 11.1 Å². The summed E-state index contributed by atoms with van der Waals surface area (Å²) in [5.41, 5.74) is 12.6. The Hall–Kier alpha value is -1.60. The Morgan fingerprint density at radius 1 is 1.00 bits per heavy atom. The van der Waals surface area contributed by atoms with E-state index in [-0.39, 0.29) is 5.54 Å². The summed E-state index contributed by atoms with van der Waals surface area (Å²) in [6.07, 6.45) is 1.06. The Kier molecular flexibility index (Phi) is 2.14. The summed E-state index contributed by atoms with van der Waals surface area (Å²) >= 11 is 0. The maximum Gasteiger partial charge on any atom is 0.0649 e. The van der Waals surface area contributed by atoms with Gasteiger partial charge in [0, 0.05) is 0 Å². The molecule has 1 nitrogen and oxygen atoms in total. The lowest BCUT2D eigenvalue weighted by atomic mass is 9.90. The van der Waals surface area contributed by atoms with Crippen LogP contribution in [0.2, 0.25) is 0 Å². The molecule has 17 heavy (non-hydrogen) atoms. The van der Waals surface area contributed by atoms with Crippen molar-refractivity contribution in [1.82, 2.24) is 0 Å². The largest absolute Gasteiger partial charge is 0.318 e. The van der Waals surface area contributed by atoms with Crippen molar-refractivity contribution in [3.63, 3.8) is 0 Å². The van der Waals surface area contributed by atoms with E-state index in [1.165, 1.54) is 27.8 Å². The molecular formula is C16H17N. The molecule has 3 rings (SSSR count). The first-order valence-electron chi connectivity index (χ1n) is 6.16. The second-order valence-corrected chi connectivity index (χ2v) is 4.98. The predicted molar refractivity (Wildman–Crippen MR) is 71.9 cm³/mol. The van der Waals surface area contributed by atoms with Gasteiger partial charge in [-0.15, -0.1) is 0 Å². The van der Waals surface area contributed by atoms with Crippen LogP contribution in [0.4, 0.5) is 0 Å². The zero-order valence-corrected chi connectivity index (χ0v) is 10.3. The monoisotopic (exact) mass is 223 g/mol. The Labute approximate surface area is 102 Å². The third kappa shape index (κ3) is 1.36. The Morgan fingerprint density at radius 3 is 2.47 bits per heavy atom. The van der Waals surface area contributed by atoms with Gasteiger partial charge < -0.3 is 5.73 Å².